The normalized spacial score (nSPS) is 24.9. The zero-order valence-corrected chi connectivity index (χ0v) is 13.6. The minimum Gasteiger partial charge on any atom is -0.465 e. The van der Waals surface area contributed by atoms with Crippen molar-refractivity contribution in [1.29, 1.82) is 0 Å². The lowest BCUT2D eigenvalue weighted by Gasteiger charge is -2.37. The molecule has 1 atom stereocenters. The van der Waals surface area contributed by atoms with E-state index in [0.29, 0.717) is 12.5 Å². The maximum absolute atomic E-state index is 12.6. The summed E-state index contributed by atoms with van der Waals surface area (Å²) in [6.07, 6.45) is 7.79. The summed E-state index contributed by atoms with van der Waals surface area (Å²) in [5, 5.41) is 3.36. The molecule has 4 nitrogen and oxygen atoms in total. The van der Waals surface area contributed by atoms with Crippen LogP contribution in [0.1, 0.15) is 45.4 Å². The molecule has 0 bridgehead atoms. The summed E-state index contributed by atoms with van der Waals surface area (Å²) in [6, 6.07) is 0. The molecule has 1 unspecified atom stereocenters. The number of hydrogen-bond acceptors (Lipinski definition) is 4. The van der Waals surface area contributed by atoms with E-state index in [4.69, 9.17) is 4.74 Å². The van der Waals surface area contributed by atoms with E-state index in [1.807, 2.05) is 14.0 Å². The van der Waals surface area contributed by atoms with Gasteiger partial charge in [-0.2, -0.15) is 0 Å². The standard InChI is InChI=1S/C17H30N2O2/c1-3-21-16(20)17(18-2,15-8-9-15)12-19(10-13-4-5-13)11-14-6-7-14/h13-15,18H,3-12H2,1-2H3. The van der Waals surface area contributed by atoms with Gasteiger partial charge in [0.15, 0.2) is 0 Å². The highest BCUT2D eigenvalue weighted by molar-refractivity contribution is 5.82. The Kier molecular flexibility index (Phi) is 4.55. The van der Waals surface area contributed by atoms with Gasteiger partial charge in [0.1, 0.15) is 5.54 Å². The van der Waals surface area contributed by atoms with Gasteiger partial charge in [0.05, 0.1) is 6.61 Å². The van der Waals surface area contributed by atoms with E-state index in [-0.39, 0.29) is 5.97 Å². The average Bonchev–Trinajstić information content (AvgIpc) is 3.28. The van der Waals surface area contributed by atoms with Crippen molar-refractivity contribution < 1.29 is 9.53 Å². The van der Waals surface area contributed by atoms with E-state index in [2.05, 4.69) is 10.2 Å². The molecule has 21 heavy (non-hydrogen) atoms. The van der Waals surface area contributed by atoms with Crippen molar-refractivity contribution in [2.24, 2.45) is 17.8 Å². The third kappa shape index (κ3) is 3.78. The van der Waals surface area contributed by atoms with E-state index in [9.17, 15) is 4.79 Å². The summed E-state index contributed by atoms with van der Waals surface area (Å²) in [6.45, 7) is 5.55. The molecule has 0 saturated heterocycles. The van der Waals surface area contributed by atoms with Crippen molar-refractivity contribution in [3.63, 3.8) is 0 Å². The van der Waals surface area contributed by atoms with E-state index in [1.54, 1.807) is 0 Å². The molecule has 0 aromatic carbocycles. The lowest BCUT2D eigenvalue weighted by atomic mass is 9.92. The Morgan fingerprint density at radius 2 is 1.71 bits per heavy atom. The number of esters is 1. The number of carbonyl (C=O) groups excluding carboxylic acids is 1. The Hall–Kier alpha value is -0.610. The smallest absolute Gasteiger partial charge is 0.327 e. The van der Waals surface area contributed by atoms with Gasteiger partial charge in [-0.25, -0.2) is 4.79 Å². The molecule has 0 radical (unpaired) electrons. The van der Waals surface area contributed by atoms with Crippen LogP contribution in [0.5, 0.6) is 0 Å². The van der Waals surface area contributed by atoms with Gasteiger partial charge in [0, 0.05) is 19.6 Å². The third-order valence-electron chi connectivity index (χ3n) is 5.26. The molecule has 0 spiro atoms. The van der Waals surface area contributed by atoms with Crippen LogP contribution in [0.2, 0.25) is 0 Å². The molecule has 1 N–H and O–H groups in total. The van der Waals surface area contributed by atoms with Gasteiger partial charge in [0.2, 0.25) is 0 Å². The van der Waals surface area contributed by atoms with Gasteiger partial charge in [-0.15, -0.1) is 0 Å². The first kappa shape index (κ1) is 15.3. The van der Waals surface area contributed by atoms with Gasteiger partial charge in [0.25, 0.3) is 0 Å². The first-order valence-electron chi connectivity index (χ1n) is 8.76. The largest absolute Gasteiger partial charge is 0.465 e. The van der Waals surface area contributed by atoms with E-state index in [0.717, 1.165) is 31.2 Å². The van der Waals surface area contributed by atoms with Crippen LogP contribution in [-0.4, -0.2) is 49.7 Å². The van der Waals surface area contributed by atoms with Crippen molar-refractivity contribution in [2.75, 3.05) is 33.3 Å². The van der Waals surface area contributed by atoms with Gasteiger partial charge in [-0.05, 0) is 70.3 Å². The monoisotopic (exact) mass is 294 g/mol. The van der Waals surface area contributed by atoms with Crippen molar-refractivity contribution in [3.05, 3.63) is 0 Å². The molecule has 0 aromatic rings. The Balaban J connectivity index is 1.68. The number of nitrogens with zero attached hydrogens (tertiary/aromatic N) is 1. The van der Waals surface area contributed by atoms with Crippen molar-refractivity contribution in [2.45, 2.75) is 51.0 Å². The van der Waals surface area contributed by atoms with Crippen LogP contribution in [0.3, 0.4) is 0 Å². The molecule has 3 aliphatic rings. The molecule has 3 aliphatic carbocycles. The highest BCUT2D eigenvalue weighted by atomic mass is 16.5. The summed E-state index contributed by atoms with van der Waals surface area (Å²) in [5.41, 5.74) is -0.472. The maximum atomic E-state index is 12.6. The predicted molar refractivity (Wildman–Crippen MR) is 83.0 cm³/mol. The number of carbonyl (C=O) groups is 1. The quantitative estimate of drug-likeness (QED) is 0.626. The molecular weight excluding hydrogens is 264 g/mol. The summed E-state index contributed by atoms with van der Waals surface area (Å²) in [5.74, 6) is 2.17. The number of nitrogens with one attached hydrogen (secondary N) is 1. The first-order chi connectivity index (χ1) is 10.2. The summed E-state index contributed by atoms with van der Waals surface area (Å²) in [4.78, 5) is 15.2. The second-order valence-electron chi connectivity index (χ2n) is 7.30. The number of ether oxygens (including phenoxy) is 1. The fourth-order valence-corrected chi connectivity index (χ4v) is 3.47. The van der Waals surface area contributed by atoms with E-state index < -0.39 is 5.54 Å². The zero-order chi connectivity index (χ0) is 14.9. The van der Waals surface area contributed by atoms with Crippen LogP contribution in [0, 0.1) is 17.8 Å². The second-order valence-corrected chi connectivity index (χ2v) is 7.30. The molecule has 0 amide bonds. The maximum Gasteiger partial charge on any atom is 0.327 e. The molecule has 3 rings (SSSR count). The molecule has 120 valence electrons. The Bertz CT molecular complexity index is 361. The lowest BCUT2D eigenvalue weighted by molar-refractivity contribution is -0.153. The number of hydrogen-bond donors (Lipinski definition) is 1. The van der Waals surface area contributed by atoms with Crippen LogP contribution in [-0.2, 0) is 9.53 Å². The van der Waals surface area contributed by atoms with E-state index >= 15 is 0 Å². The second kappa shape index (κ2) is 6.25. The first-order valence-corrected chi connectivity index (χ1v) is 8.76. The minimum absolute atomic E-state index is 0.0356. The topological polar surface area (TPSA) is 41.6 Å². The van der Waals surface area contributed by atoms with Gasteiger partial charge >= 0.3 is 5.97 Å². The Labute approximate surface area is 128 Å². The zero-order valence-electron chi connectivity index (χ0n) is 13.6. The summed E-state index contributed by atoms with van der Waals surface area (Å²) >= 11 is 0. The van der Waals surface area contributed by atoms with Crippen LogP contribution >= 0.6 is 0 Å². The van der Waals surface area contributed by atoms with Crippen LogP contribution in [0.4, 0.5) is 0 Å². The fraction of sp³-hybridized carbons (Fsp3) is 0.941. The third-order valence-corrected chi connectivity index (χ3v) is 5.26. The highest BCUT2D eigenvalue weighted by Gasteiger charge is 2.52. The molecule has 0 aromatic heterocycles. The van der Waals surface area contributed by atoms with Crippen molar-refractivity contribution in [1.82, 2.24) is 10.2 Å². The van der Waals surface area contributed by atoms with Crippen molar-refractivity contribution in [3.8, 4) is 0 Å². The van der Waals surface area contributed by atoms with Gasteiger partial charge in [-0.3, -0.25) is 0 Å². The molecule has 3 saturated carbocycles. The van der Waals surface area contributed by atoms with Crippen LogP contribution in [0.15, 0.2) is 0 Å². The highest BCUT2D eigenvalue weighted by Crippen LogP contribution is 2.42. The number of rotatable bonds is 10. The average molecular weight is 294 g/mol. The van der Waals surface area contributed by atoms with E-state index in [1.165, 1.54) is 38.8 Å². The van der Waals surface area contributed by atoms with Gasteiger partial charge in [-0.1, -0.05) is 0 Å². The van der Waals surface area contributed by atoms with Gasteiger partial charge < -0.3 is 15.0 Å². The van der Waals surface area contributed by atoms with Crippen LogP contribution in [0.25, 0.3) is 0 Å². The fourth-order valence-electron chi connectivity index (χ4n) is 3.47. The Morgan fingerprint density at radius 1 is 1.14 bits per heavy atom. The summed E-state index contributed by atoms with van der Waals surface area (Å²) < 4.78 is 5.41. The molecule has 0 aliphatic heterocycles. The van der Waals surface area contributed by atoms with Crippen LogP contribution < -0.4 is 5.32 Å². The predicted octanol–water partition coefficient (Wildman–Crippen LogP) is 2.04. The minimum atomic E-state index is -0.472. The summed E-state index contributed by atoms with van der Waals surface area (Å²) in [7, 11) is 1.93. The molecule has 0 heterocycles. The molecular formula is C17H30N2O2. The molecule has 4 heteroatoms. The molecule has 3 fully saturated rings. The number of likely N-dealkylation sites (N-methyl/N-ethyl adjacent to an activating group) is 1. The Morgan fingerprint density at radius 3 is 2.10 bits per heavy atom. The lowest BCUT2D eigenvalue weighted by Crippen LogP contribution is -2.60. The van der Waals surface area contributed by atoms with Crippen molar-refractivity contribution >= 4 is 5.97 Å². The SMILES string of the molecule is CCOC(=O)C(CN(CC1CC1)CC1CC1)(NC)C1CC1.